The number of benzene rings is 2. The molecule has 4 heteroatoms. The number of rotatable bonds is 3. The van der Waals surface area contributed by atoms with Gasteiger partial charge in [0.2, 0.25) is 0 Å². The van der Waals surface area contributed by atoms with Crippen LogP contribution in [0.3, 0.4) is 0 Å². The van der Waals surface area contributed by atoms with E-state index in [1.165, 1.54) is 16.8 Å². The molecule has 0 amide bonds. The summed E-state index contributed by atoms with van der Waals surface area (Å²) in [7, 11) is 2.18. The summed E-state index contributed by atoms with van der Waals surface area (Å²) in [5.41, 5.74) is 3.98. The second-order valence-electron chi connectivity index (χ2n) is 5.73. The fourth-order valence-corrected chi connectivity index (χ4v) is 3.06. The molecule has 3 rings (SSSR count). The highest BCUT2D eigenvalue weighted by Gasteiger charge is 2.17. The summed E-state index contributed by atoms with van der Waals surface area (Å²) in [6, 6.07) is 16.9. The second-order valence-corrected chi connectivity index (χ2v) is 6.16. The number of hydrogen-bond acceptors (Lipinski definition) is 2. The quantitative estimate of drug-likeness (QED) is 0.832. The maximum atomic E-state index is 6.22. The fraction of sp³-hybridized carbons (Fsp3) is 0.333. The van der Waals surface area contributed by atoms with E-state index in [9.17, 15) is 0 Å². The van der Waals surface area contributed by atoms with E-state index in [1.807, 2.05) is 6.07 Å². The first-order chi connectivity index (χ1) is 10.2. The van der Waals surface area contributed by atoms with E-state index >= 15 is 0 Å². The number of nitrogens with zero attached hydrogens (tertiary/aromatic N) is 2. The third-order valence-electron chi connectivity index (χ3n) is 4.12. The lowest BCUT2D eigenvalue weighted by Crippen LogP contribution is -2.44. The lowest BCUT2D eigenvalue weighted by atomic mass is 10.0. The lowest BCUT2D eigenvalue weighted by molar-refractivity contribution is 0.312. The first-order valence-corrected chi connectivity index (χ1v) is 7.86. The van der Waals surface area contributed by atoms with Gasteiger partial charge in [-0.3, -0.25) is 0 Å². The zero-order valence-electron chi connectivity index (χ0n) is 12.8. The van der Waals surface area contributed by atoms with Gasteiger partial charge in [-0.05, 0) is 42.8 Å². The van der Waals surface area contributed by atoms with Gasteiger partial charge in [0.1, 0.15) is 0 Å². The predicted molar refractivity (Wildman–Crippen MR) is 97.7 cm³/mol. The van der Waals surface area contributed by atoms with Gasteiger partial charge in [-0.2, -0.15) is 0 Å². The van der Waals surface area contributed by atoms with Gasteiger partial charge in [0.05, 0.1) is 0 Å². The summed E-state index contributed by atoms with van der Waals surface area (Å²) in [6.07, 6.45) is 0.934. The molecule has 1 saturated heterocycles. The molecule has 1 aliphatic rings. The smallest absolute Gasteiger partial charge is 0.0410 e. The fourth-order valence-electron chi connectivity index (χ4n) is 2.87. The van der Waals surface area contributed by atoms with Crippen molar-refractivity contribution in [2.24, 2.45) is 0 Å². The highest BCUT2D eigenvalue weighted by Crippen LogP contribution is 2.27. The molecule has 22 heavy (non-hydrogen) atoms. The molecule has 0 aliphatic carbocycles. The van der Waals surface area contributed by atoms with Crippen molar-refractivity contribution in [2.75, 3.05) is 38.1 Å². The molecular weight excluding hydrogens is 315 g/mol. The van der Waals surface area contributed by atoms with Crippen molar-refractivity contribution in [1.29, 1.82) is 0 Å². The molecule has 0 saturated carbocycles. The predicted octanol–water partition coefficient (Wildman–Crippen LogP) is 4.10. The first-order valence-electron chi connectivity index (χ1n) is 7.48. The van der Waals surface area contributed by atoms with Crippen LogP contribution in [0, 0.1) is 0 Å². The van der Waals surface area contributed by atoms with Gasteiger partial charge >= 0.3 is 0 Å². The third kappa shape index (κ3) is 4.16. The van der Waals surface area contributed by atoms with Gasteiger partial charge < -0.3 is 9.80 Å². The highest BCUT2D eigenvalue weighted by atomic mass is 35.5. The Hall–Kier alpha value is -1.22. The van der Waals surface area contributed by atoms with Gasteiger partial charge in [-0.15, -0.1) is 12.4 Å². The van der Waals surface area contributed by atoms with Crippen molar-refractivity contribution in [3.05, 3.63) is 64.7 Å². The van der Waals surface area contributed by atoms with E-state index in [0.717, 1.165) is 37.6 Å². The van der Waals surface area contributed by atoms with Crippen LogP contribution < -0.4 is 4.90 Å². The number of likely N-dealkylation sites (N-methyl/N-ethyl adjacent to an activating group) is 1. The number of hydrogen-bond donors (Lipinski definition) is 0. The molecule has 0 spiro atoms. The van der Waals surface area contributed by atoms with E-state index in [0.29, 0.717) is 0 Å². The molecule has 2 aromatic rings. The Morgan fingerprint density at radius 1 is 0.955 bits per heavy atom. The van der Waals surface area contributed by atoms with Crippen LogP contribution in [0.15, 0.2) is 48.5 Å². The summed E-state index contributed by atoms with van der Waals surface area (Å²) in [5.74, 6) is 0. The van der Waals surface area contributed by atoms with Crippen LogP contribution in [-0.4, -0.2) is 38.1 Å². The highest BCUT2D eigenvalue weighted by molar-refractivity contribution is 6.30. The second kappa shape index (κ2) is 7.87. The molecule has 118 valence electrons. The van der Waals surface area contributed by atoms with Crippen molar-refractivity contribution in [3.63, 3.8) is 0 Å². The molecule has 2 aromatic carbocycles. The van der Waals surface area contributed by atoms with E-state index in [1.54, 1.807) is 0 Å². The monoisotopic (exact) mass is 336 g/mol. The number of anilines is 1. The Morgan fingerprint density at radius 3 is 2.32 bits per heavy atom. The molecule has 1 heterocycles. The van der Waals surface area contributed by atoms with Gasteiger partial charge in [0.15, 0.2) is 0 Å². The van der Waals surface area contributed by atoms with Gasteiger partial charge in [-0.25, -0.2) is 0 Å². The minimum atomic E-state index is 0. The molecule has 2 nitrogen and oxygen atoms in total. The summed E-state index contributed by atoms with van der Waals surface area (Å²) in [6.45, 7) is 4.40. The van der Waals surface area contributed by atoms with E-state index in [2.05, 4.69) is 59.3 Å². The van der Waals surface area contributed by atoms with E-state index < -0.39 is 0 Å². The lowest BCUT2D eigenvalue weighted by Gasteiger charge is -2.35. The maximum Gasteiger partial charge on any atom is 0.0410 e. The summed E-state index contributed by atoms with van der Waals surface area (Å²) in [5, 5.41) is 0.818. The Kier molecular flexibility index (Phi) is 6.13. The SMILES string of the molecule is CN1CCN(c2ccc(Cl)cc2Cc2ccccc2)CC1.Cl. The maximum absolute atomic E-state index is 6.22. The molecule has 0 bridgehead atoms. The number of piperazine rings is 1. The van der Waals surface area contributed by atoms with E-state index in [-0.39, 0.29) is 12.4 Å². The molecule has 1 aliphatic heterocycles. The van der Waals surface area contributed by atoms with E-state index in [4.69, 9.17) is 11.6 Å². The molecule has 0 aromatic heterocycles. The Labute approximate surface area is 144 Å². The largest absolute Gasteiger partial charge is 0.369 e. The molecular formula is C18H22Cl2N2. The summed E-state index contributed by atoms with van der Waals surface area (Å²) >= 11 is 6.22. The van der Waals surface area contributed by atoms with Gasteiger partial charge in [0.25, 0.3) is 0 Å². The van der Waals surface area contributed by atoms with Crippen LogP contribution in [0.1, 0.15) is 11.1 Å². The van der Waals surface area contributed by atoms with Crippen molar-refractivity contribution >= 4 is 29.7 Å². The average molecular weight is 337 g/mol. The molecule has 1 fully saturated rings. The zero-order chi connectivity index (χ0) is 14.7. The molecule has 0 unspecified atom stereocenters. The Balaban J connectivity index is 0.00000176. The first kappa shape index (κ1) is 17.1. The zero-order valence-corrected chi connectivity index (χ0v) is 14.4. The minimum absolute atomic E-state index is 0. The molecule has 0 radical (unpaired) electrons. The van der Waals surface area contributed by atoms with Crippen LogP contribution >= 0.6 is 24.0 Å². The third-order valence-corrected chi connectivity index (χ3v) is 4.36. The van der Waals surface area contributed by atoms with Gasteiger partial charge in [-0.1, -0.05) is 41.9 Å². The van der Waals surface area contributed by atoms with Crippen LogP contribution in [0.4, 0.5) is 5.69 Å². The Morgan fingerprint density at radius 2 is 1.64 bits per heavy atom. The van der Waals surface area contributed by atoms with Crippen LogP contribution in [0.5, 0.6) is 0 Å². The van der Waals surface area contributed by atoms with Crippen LogP contribution in [-0.2, 0) is 6.42 Å². The van der Waals surface area contributed by atoms with Crippen LogP contribution in [0.25, 0.3) is 0 Å². The minimum Gasteiger partial charge on any atom is -0.369 e. The normalized spacial score (nSPS) is 15.5. The standard InChI is InChI=1S/C18H21ClN2.ClH/c1-20-9-11-21(12-10-20)18-8-7-17(19)14-16(18)13-15-5-3-2-4-6-15;/h2-8,14H,9-13H2,1H3;1H. The van der Waals surface area contributed by atoms with Crippen molar-refractivity contribution in [1.82, 2.24) is 4.90 Å². The summed E-state index contributed by atoms with van der Waals surface area (Å²) < 4.78 is 0. The van der Waals surface area contributed by atoms with Gasteiger partial charge in [0, 0.05) is 36.9 Å². The van der Waals surface area contributed by atoms with Crippen molar-refractivity contribution < 1.29 is 0 Å². The van der Waals surface area contributed by atoms with Crippen molar-refractivity contribution in [2.45, 2.75) is 6.42 Å². The molecule has 0 atom stereocenters. The number of halogens is 2. The van der Waals surface area contributed by atoms with Crippen molar-refractivity contribution in [3.8, 4) is 0 Å². The molecule has 0 N–H and O–H groups in total. The van der Waals surface area contributed by atoms with Crippen LogP contribution in [0.2, 0.25) is 5.02 Å². The topological polar surface area (TPSA) is 6.48 Å². The Bertz CT molecular complexity index is 593. The average Bonchev–Trinajstić information content (AvgIpc) is 2.50. The summed E-state index contributed by atoms with van der Waals surface area (Å²) in [4.78, 5) is 4.86.